The number of amides is 1. The molecule has 29 heavy (non-hydrogen) atoms. The van der Waals surface area contributed by atoms with Crippen LogP contribution in [0.2, 0.25) is 5.15 Å². The zero-order chi connectivity index (χ0) is 26.5. The first-order valence-corrected chi connectivity index (χ1v) is 8.36. The van der Waals surface area contributed by atoms with Crippen LogP contribution >= 0.6 is 11.6 Å². The number of rotatable bonds is 4. The summed E-state index contributed by atoms with van der Waals surface area (Å²) in [5.41, 5.74) is -2.10. The fourth-order valence-electron chi connectivity index (χ4n) is 2.74. The molecule has 0 aromatic carbocycles. The average Bonchev–Trinajstić information content (AvgIpc) is 3.05. The second-order valence-electron chi connectivity index (χ2n) is 6.05. The Morgan fingerprint density at radius 2 is 2.14 bits per heavy atom. The number of carbonyl (C=O) groups is 1. The van der Waals surface area contributed by atoms with Gasteiger partial charge in [-0.25, -0.2) is 4.98 Å². The number of carbonyl (C=O) groups excluding carboxylic acids is 1. The lowest BCUT2D eigenvalue weighted by Crippen LogP contribution is -2.32. The topological polar surface area (TPSA) is 81.0 Å². The van der Waals surface area contributed by atoms with E-state index < -0.39 is 43.0 Å². The van der Waals surface area contributed by atoms with E-state index in [2.05, 4.69) is 10.3 Å². The summed E-state index contributed by atoms with van der Waals surface area (Å²) in [4.78, 5) is 29.2. The molecule has 0 aliphatic carbocycles. The highest BCUT2D eigenvalue weighted by molar-refractivity contribution is 6.29. The van der Waals surface area contributed by atoms with Crippen molar-refractivity contribution in [2.45, 2.75) is 19.1 Å². The lowest BCUT2D eigenvalue weighted by atomic mass is 10.2. The monoisotopic (exact) mass is 433 g/mol. The highest BCUT2D eigenvalue weighted by atomic mass is 35.5. The van der Waals surface area contributed by atoms with Crippen molar-refractivity contribution in [1.29, 1.82) is 0 Å². The largest absolute Gasteiger partial charge is 0.408 e. The van der Waals surface area contributed by atoms with Gasteiger partial charge >= 0.3 is 6.18 Å². The standard InChI is InChI=1S/C18H17ClF3N5O2/c1-9(18(20,21)22)27-5-4-13-15(17(27)29)12(8-26(13)3)25-11-6-14(19)24-7-10(11)16(28)23-2/h4-9H,1-3H3,(H,23,28)(H,24,25)/i2D3,3D3. The lowest BCUT2D eigenvalue weighted by molar-refractivity contribution is -0.163. The van der Waals surface area contributed by atoms with E-state index in [0.717, 1.165) is 37.6 Å². The van der Waals surface area contributed by atoms with Crippen LogP contribution in [0.4, 0.5) is 24.5 Å². The van der Waals surface area contributed by atoms with Gasteiger partial charge in [0.05, 0.1) is 27.8 Å². The molecule has 7 nitrogen and oxygen atoms in total. The van der Waals surface area contributed by atoms with Crippen molar-refractivity contribution < 1.29 is 26.2 Å². The highest BCUT2D eigenvalue weighted by Gasteiger charge is 2.38. The van der Waals surface area contributed by atoms with Crippen LogP contribution < -0.4 is 16.2 Å². The maximum absolute atomic E-state index is 13.3. The van der Waals surface area contributed by atoms with Gasteiger partial charge in [-0.05, 0) is 19.1 Å². The van der Waals surface area contributed by atoms with Crippen LogP contribution in [0, 0.1) is 0 Å². The number of pyridine rings is 2. The Kier molecular flexibility index (Phi) is 3.60. The average molecular weight is 434 g/mol. The van der Waals surface area contributed by atoms with Crippen molar-refractivity contribution in [2.24, 2.45) is 6.98 Å². The van der Waals surface area contributed by atoms with E-state index in [1.165, 1.54) is 0 Å². The fraction of sp³-hybridized carbons (Fsp3) is 0.278. The molecule has 3 heterocycles. The van der Waals surface area contributed by atoms with Crippen molar-refractivity contribution in [3.8, 4) is 0 Å². The van der Waals surface area contributed by atoms with Crippen LogP contribution in [-0.4, -0.2) is 33.2 Å². The molecule has 3 rings (SSSR count). The number of halogens is 4. The summed E-state index contributed by atoms with van der Waals surface area (Å²) in [6, 6.07) is -0.0635. The van der Waals surface area contributed by atoms with Crippen LogP contribution in [0.3, 0.4) is 0 Å². The van der Waals surface area contributed by atoms with Crippen LogP contribution in [0.15, 0.2) is 35.5 Å². The molecule has 1 amide bonds. The molecule has 0 saturated carbocycles. The highest BCUT2D eigenvalue weighted by Crippen LogP contribution is 2.32. The third kappa shape index (κ3) is 3.80. The Morgan fingerprint density at radius 3 is 2.79 bits per heavy atom. The summed E-state index contributed by atoms with van der Waals surface area (Å²) in [5, 5.41) is 3.82. The van der Waals surface area contributed by atoms with Crippen molar-refractivity contribution in [3.63, 3.8) is 0 Å². The summed E-state index contributed by atoms with van der Waals surface area (Å²) in [6.07, 6.45) is -2.01. The quantitative estimate of drug-likeness (QED) is 0.616. The first kappa shape index (κ1) is 14.0. The molecule has 3 aromatic heterocycles. The predicted octanol–water partition coefficient (Wildman–Crippen LogP) is 3.61. The van der Waals surface area contributed by atoms with Gasteiger partial charge in [0.25, 0.3) is 11.5 Å². The van der Waals surface area contributed by atoms with Gasteiger partial charge in [-0.3, -0.25) is 9.59 Å². The number of nitrogens with one attached hydrogen (secondary N) is 2. The lowest BCUT2D eigenvalue weighted by Gasteiger charge is -2.18. The first-order chi connectivity index (χ1) is 15.9. The van der Waals surface area contributed by atoms with Gasteiger partial charge in [0.15, 0.2) is 0 Å². The second-order valence-corrected chi connectivity index (χ2v) is 6.44. The number of aryl methyl sites for hydroxylation is 1. The number of hydrogen-bond acceptors (Lipinski definition) is 4. The maximum atomic E-state index is 13.3. The van der Waals surface area contributed by atoms with Crippen LogP contribution in [0.5, 0.6) is 0 Å². The number of hydrogen-bond donors (Lipinski definition) is 2. The number of nitrogens with zero attached hydrogens (tertiary/aromatic N) is 3. The Hall–Kier alpha value is -3.01. The van der Waals surface area contributed by atoms with Gasteiger partial charge in [0, 0.05) is 40.8 Å². The Morgan fingerprint density at radius 1 is 1.38 bits per heavy atom. The predicted molar refractivity (Wildman–Crippen MR) is 104 cm³/mol. The molecule has 1 atom stereocenters. The van der Waals surface area contributed by atoms with E-state index in [0.29, 0.717) is 9.13 Å². The zero-order valence-electron chi connectivity index (χ0n) is 20.6. The zero-order valence-corrected chi connectivity index (χ0v) is 15.4. The second kappa shape index (κ2) is 7.43. The number of alkyl halides is 3. The third-order valence-corrected chi connectivity index (χ3v) is 4.48. The molecule has 3 aromatic rings. The van der Waals surface area contributed by atoms with Crippen molar-refractivity contribution in [1.82, 2.24) is 19.4 Å². The van der Waals surface area contributed by atoms with Gasteiger partial charge < -0.3 is 19.8 Å². The van der Waals surface area contributed by atoms with E-state index in [1.54, 1.807) is 5.32 Å². The van der Waals surface area contributed by atoms with Gasteiger partial charge in [-0.1, -0.05) is 11.6 Å². The summed E-state index contributed by atoms with van der Waals surface area (Å²) >= 11 is 5.89. The molecule has 0 aliphatic heterocycles. The van der Waals surface area contributed by atoms with Gasteiger partial charge in [-0.2, -0.15) is 13.2 Å². The molecule has 0 aliphatic rings. The molecule has 0 spiro atoms. The van der Waals surface area contributed by atoms with Crippen LogP contribution in [0.25, 0.3) is 10.9 Å². The Bertz CT molecular complexity index is 1350. The first-order valence-electron chi connectivity index (χ1n) is 11.0. The summed E-state index contributed by atoms with van der Waals surface area (Å²) < 4.78 is 85.8. The molecular weight excluding hydrogens is 411 g/mol. The van der Waals surface area contributed by atoms with Gasteiger partial charge in [-0.15, -0.1) is 0 Å². The molecule has 0 saturated heterocycles. The van der Waals surface area contributed by atoms with E-state index in [-0.39, 0.29) is 27.6 Å². The minimum Gasteiger partial charge on any atom is -0.355 e. The molecule has 0 radical (unpaired) electrons. The van der Waals surface area contributed by atoms with Crippen molar-refractivity contribution in [2.75, 3.05) is 12.3 Å². The molecule has 154 valence electrons. The summed E-state index contributed by atoms with van der Waals surface area (Å²) in [5.74, 6) is -1.10. The molecule has 11 heteroatoms. The Labute approximate surface area is 176 Å². The summed E-state index contributed by atoms with van der Waals surface area (Å²) in [6.45, 7) is -4.91. The van der Waals surface area contributed by atoms with Crippen LogP contribution in [0.1, 0.15) is 31.5 Å². The maximum Gasteiger partial charge on any atom is 0.408 e. The molecule has 1 unspecified atom stereocenters. The Balaban J connectivity index is 2.24. The van der Waals surface area contributed by atoms with Gasteiger partial charge in [0.2, 0.25) is 0 Å². The number of aromatic nitrogens is 3. The third-order valence-electron chi connectivity index (χ3n) is 4.27. The molecule has 0 bridgehead atoms. The fourth-order valence-corrected chi connectivity index (χ4v) is 2.90. The SMILES string of the molecule is [2H]C([2H])([2H])NC(=O)c1cnc(Cl)cc1Nc1cn(C([2H])([2H])[2H])c2ccn(C(C)C(F)(F)F)c(=O)c12. The number of fused-ring (bicyclic) bond motifs is 1. The van der Waals surface area contributed by atoms with E-state index >= 15 is 0 Å². The molecular formula is C18H17ClF3N5O2. The normalized spacial score (nSPS) is 16.7. The molecule has 2 N–H and O–H groups in total. The van der Waals surface area contributed by atoms with Crippen LogP contribution in [-0.2, 0) is 6.98 Å². The van der Waals surface area contributed by atoms with E-state index in [9.17, 15) is 22.8 Å². The minimum atomic E-state index is -4.77. The van der Waals surface area contributed by atoms with Gasteiger partial charge in [0.1, 0.15) is 11.2 Å². The van der Waals surface area contributed by atoms with Crippen molar-refractivity contribution in [3.05, 3.63) is 51.8 Å². The van der Waals surface area contributed by atoms with Crippen molar-refractivity contribution >= 4 is 39.8 Å². The van der Waals surface area contributed by atoms with E-state index in [1.807, 2.05) is 0 Å². The smallest absolute Gasteiger partial charge is 0.355 e. The molecule has 0 fully saturated rings. The minimum absolute atomic E-state index is 0.152. The number of anilines is 2. The van der Waals surface area contributed by atoms with E-state index in [4.69, 9.17) is 19.8 Å². The summed E-state index contributed by atoms with van der Waals surface area (Å²) in [7, 11) is 0.